The molecule has 0 spiro atoms. The number of aliphatic hydroxyl groups is 1. The number of benzene rings is 1. The number of hydrogen-bond acceptors (Lipinski definition) is 7. The number of ether oxygens (including phenoxy) is 2. The van der Waals surface area contributed by atoms with Crippen molar-refractivity contribution in [2.75, 3.05) is 39.9 Å². The smallest absolute Gasteiger partial charge is 0.161 e. The Hall–Kier alpha value is -1.67. The summed E-state index contributed by atoms with van der Waals surface area (Å²) in [5, 5.41) is 13.8. The summed E-state index contributed by atoms with van der Waals surface area (Å²) in [6, 6.07) is 5.98. The number of hydrogen-bond donors (Lipinski definition) is 2. The molecule has 3 rings (SSSR count). The fourth-order valence-corrected chi connectivity index (χ4v) is 4.44. The van der Waals surface area contributed by atoms with Gasteiger partial charge >= 0.3 is 0 Å². The van der Waals surface area contributed by atoms with E-state index < -0.39 is 6.10 Å². The number of nitrogens with zero attached hydrogens (tertiary/aromatic N) is 2. The largest absolute Gasteiger partial charge is 0.493 e. The van der Waals surface area contributed by atoms with E-state index in [0.29, 0.717) is 18.0 Å². The van der Waals surface area contributed by atoms with Gasteiger partial charge in [-0.25, -0.2) is 4.98 Å². The number of aromatic nitrogens is 1. The van der Waals surface area contributed by atoms with E-state index in [2.05, 4.69) is 22.1 Å². The first-order chi connectivity index (χ1) is 14.2. The SMILES string of the molecule is COc1ccc(CNCCCc2scnc2C)cc1OCC(O)CN1CCCC1. The molecule has 2 N–H and O–H groups in total. The van der Waals surface area contributed by atoms with Crippen LogP contribution in [0.2, 0.25) is 0 Å². The maximum absolute atomic E-state index is 10.3. The van der Waals surface area contributed by atoms with Crippen LogP contribution in [0.5, 0.6) is 11.5 Å². The monoisotopic (exact) mass is 419 g/mol. The third-order valence-electron chi connectivity index (χ3n) is 5.26. The number of nitrogens with one attached hydrogen (secondary N) is 1. The average Bonchev–Trinajstić information content (AvgIpc) is 3.38. The lowest BCUT2D eigenvalue weighted by atomic mass is 10.2. The summed E-state index contributed by atoms with van der Waals surface area (Å²) in [7, 11) is 1.64. The van der Waals surface area contributed by atoms with Gasteiger partial charge in [0.15, 0.2) is 11.5 Å². The molecule has 160 valence electrons. The molecular weight excluding hydrogens is 386 g/mol. The first-order valence-electron chi connectivity index (χ1n) is 10.5. The quantitative estimate of drug-likeness (QED) is 0.516. The van der Waals surface area contributed by atoms with E-state index >= 15 is 0 Å². The first-order valence-corrected chi connectivity index (χ1v) is 11.3. The van der Waals surface area contributed by atoms with E-state index in [1.807, 2.05) is 23.7 Å². The Labute approximate surface area is 177 Å². The van der Waals surface area contributed by atoms with Crippen molar-refractivity contribution in [3.8, 4) is 11.5 Å². The van der Waals surface area contributed by atoms with Crippen LogP contribution in [-0.2, 0) is 13.0 Å². The molecule has 1 unspecified atom stereocenters. The first kappa shape index (κ1) is 22.0. The Balaban J connectivity index is 1.43. The van der Waals surface area contributed by atoms with E-state index in [0.717, 1.165) is 50.3 Å². The van der Waals surface area contributed by atoms with Crippen molar-refractivity contribution in [2.45, 2.75) is 45.3 Å². The Morgan fingerprint density at radius 3 is 2.83 bits per heavy atom. The maximum Gasteiger partial charge on any atom is 0.161 e. The molecular formula is C22H33N3O3S. The van der Waals surface area contributed by atoms with E-state index in [1.54, 1.807) is 18.4 Å². The zero-order valence-corrected chi connectivity index (χ0v) is 18.3. The molecule has 0 radical (unpaired) electrons. The molecule has 1 aromatic heterocycles. The standard InChI is InChI=1S/C22H33N3O3S/c1-17-22(29-16-24-17)6-5-9-23-13-18-7-8-20(27-2)21(12-18)28-15-19(26)14-25-10-3-4-11-25/h7-8,12,16,19,23,26H,3-6,9-11,13-15H2,1-2H3. The van der Waals surface area contributed by atoms with Crippen LogP contribution in [0.15, 0.2) is 23.7 Å². The molecule has 2 heterocycles. The summed E-state index contributed by atoms with van der Waals surface area (Å²) in [6.45, 7) is 6.89. The normalized spacial score (nSPS) is 15.6. The summed E-state index contributed by atoms with van der Waals surface area (Å²) in [6.07, 6.45) is 4.11. The minimum absolute atomic E-state index is 0.276. The van der Waals surface area contributed by atoms with Crippen LogP contribution in [0.4, 0.5) is 0 Å². The van der Waals surface area contributed by atoms with Crippen LogP contribution < -0.4 is 14.8 Å². The minimum atomic E-state index is -0.491. The second-order valence-electron chi connectivity index (χ2n) is 7.60. The number of aliphatic hydroxyl groups excluding tert-OH is 1. The van der Waals surface area contributed by atoms with E-state index in [4.69, 9.17) is 9.47 Å². The second-order valence-corrected chi connectivity index (χ2v) is 8.54. The summed E-state index contributed by atoms with van der Waals surface area (Å²) in [5.74, 6) is 1.38. The number of β-amino-alcohol motifs (C(OH)–C–C–N with tert-alkyl or cyclic N) is 1. The fraction of sp³-hybridized carbons (Fsp3) is 0.591. The number of methoxy groups -OCH3 is 1. The predicted molar refractivity (Wildman–Crippen MR) is 117 cm³/mol. The summed E-state index contributed by atoms with van der Waals surface area (Å²) in [5.41, 5.74) is 4.21. The molecule has 0 amide bonds. The Kier molecular flexibility index (Phi) is 8.73. The molecule has 1 saturated heterocycles. The number of rotatable bonds is 12. The molecule has 1 atom stereocenters. The Morgan fingerprint density at radius 1 is 1.28 bits per heavy atom. The van der Waals surface area contributed by atoms with Crippen LogP contribution in [0.3, 0.4) is 0 Å². The van der Waals surface area contributed by atoms with Gasteiger partial charge in [0, 0.05) is 18.0 Å². The molecule has 1 fully saturated rings. The number of likely N-dealkylation sites (tertiary alicyclic amines) is 1. The molecule has 0 bridgehead atoms. The van der Waals surface area contributed by atoms with Crippen LogP contribution >= 0.6 is 11.3 Å². The third-order valence-corrected chi connectivity index (χ3v) is 6.25. The summed E-state index contributed by atoms with van der Waals surface area (Å²) in [4.78, 5) is 7.96. The van der Waals surface area contributed by atoms with Crippen LogP contribution in [0, 0.1) is 6.92 Å². The maximum atomic E-state index is 10.3. The molecule has 7 heteroatoms. The van der Waals surface area contributed by atoms with E-state index in [-0.39, 0.29) is 6.61 Å². The van der Waals surface area contributed by atoms with Gasteiger partial charge in [-0.05, 0) is 69.9 Å². The van der Waals surface area contributed by atoms with Gasteiger partial charge in [0.05, 0.1) is 18.3 Å². The molecule has 1 aromatic carbocycles. The van der Waals surface area contributed by atoms with Crippen LogP contribution in [0.25, 0.3) is 0 Å². The van der Waals surface area contributed by atoms with Gasteiger partial charge < -0.3 is 24.8 Å². The van der Waals surface area contributed by atoms with Crippen molar-refractivity contribution in [3.63, 3.8) is 0 Å². The highest BCUT2D eigenvalue weighted by atomic mass is 32.1. The zero-order chi connectivity index (χ0) is 20.5. The lowest BCUT2D eigenvalue weighted by molar-refractivity contribution is 0.0746. The van der Waals surface area contributed by atoms with Crippen molar-refractivity contribution in [3.05, 3.63) is 39.8 Å². The van der Waals surface area contributed by atoms with Crippen molar-refractivity contribution in [1.82, 2.24) is 15.2 Å². The molecule has 1 aliphatic heterocycles. The average molecular weight is 420 g/mol. The molecule has 6 nitrogen and oxygen atoms in total. The zero-order valence-electron chi connectivity index (χ0n) is 17.5. The fourth-order valence-electron chi connectivity index (χ4n) is 3.62. The predicted octanol–water partition coefficient (Wildman–Crippen LogP) is 3.02. The molecule has 0 aliphatic carbocycles. The Bertz CT molecular complexity index is 747. The summed E-state index contributed by atoms with van der Waals surface area (Å²) < 4.78 is 11.3. The van der Waals surface area contributed by atoms with Crippen molar-refractivity contribution in [2.24, 2.45) is 0 Å². The lowest BCUT2D eigenvalue weighted by Crippen LogP contribution is -2.33. The van der Waals surface area contributed by atoms with Gasteiger partial charge in [0.2, 0.25) is 0 Å². The highest BCUT2D eigenvalue weighted by Gasteiger charge is 2.17. The van der Waals surface area contributed by atoms with Gasteiger partial charge in [-0.15, -0.1) is 11.3 Å². The number of thiazole rings is 1. The van der Waals surface area contributed by atoms with Crippen LogP contribution in [0.1, 0.15) is 35.4 Å². The van der Waals surface area contributed by atoms with Gasteiger partial charge in [-0.1, -0.05) is 6.07 Å². The van der Waals surface area contributed by atoms with Gasteiger partial charge in [-0.3, -0.25) is 0 Å². The van der Waals surface area contributed by atoms with E-state index in [9.17, 15) is 5.11 Å². The van der Waals surface area contributed by atoms with Crippen molar-refractivity contribution in [1.29, 1.82) is 0 Å². The van der Waals surface area contributed by atoms with Crippen LogP contribution in [-0.4, -0.2) is 61.0 Å². The third kappa shape index (κ3) is 6.96. The lowest BCUT2D eigenvalue weighted by Gasteiger charge is -2.20. The van der Waals surface area contributed by atoms with Gasteiger partial charge in [-0.2, -0.15) is 0 Å². The summed E-state index contributed by atoms with van der Waals surface area (Å²) >= 11 is 1.73. The molecule has 2 aromatic rings. The number of aryl methyl sites for hydroxylation is 2. The second kappa shape index (κ2) is 11.5. The van der Waals surface area contributed by atoms with Crippen molar-refractivity contribution < 1.29 is 14.6 Å². The van der Waals surface area contributed by atoms with E-state index in [1.165, 1.54) is 17.7 Å². The molecule has 0 saturated carbocycles. The molecule has 29 heavy (non-hydrogen) atoms. The van der Waals surface area contributed by atoms with Crippen molar-refractivity contribution >= 4 is 11.3 Å². The minimum Gasteiger partial charge on any atom is -0.493 e. The highest BCUT2D eigenvalue weighted by Crippen LogP contribution is 2.28. The van der Waals surface area contributed by atoms with Gasteiger partial charge in [0.25, 0.3) is 0 Å². The highest BCUT2D eigenvalue weighted by molar-refractivity contribution is 7.09. The molecule has 1 aliphatic rings. The topological polar surface area (TPSA) is 66.8 Å². The Morgan fingerprint density at radius 2 is 2.10 bits per heavy atom. The van der Waals surface area contributed by atoms with Gasteiger partial charge in [0.1, 0.15) is 12.7 Å².